The molecule has 0 unspecified atom stereocenters. The molecule has 0 aliphatic carbocycles. The van der Waals surface area contributed by atoms with Crippen LogP contribution in [0.2, 0.25) is 0 Å². The Labute approximate surface area is 204 Å². The summed E-state index contributed by atoms with van der Waals surface area (Å²) in [6, 6.07) is 22.4. The fraction of sp³-hybridized carbons (Fsp3) is 0.179. The molecular formula is C28H27NO6. The third kappa shape index (κ3) is 5.09. The molecule has 0 atom stereocenters. The van der Waals surface area contributed by atoms with Gasteiger partial charge in [-0.15, -0.1) is 0 Å². The van der Waals surface area contributed by atoms with E-state index in [2.05, 4.69) is 5.32 Å². The second kappa shape index (κ2) is 10.7. The lowest BCUT2D eigenvalue weighted by molar-refractivity contribution is 0.0924. The van der Waals surface area contributed by atoms with Crippen LogP contribution in [0.5, 0.6) is 23.0 Å². The molecule has 0 aliphatic rings. The fourth-order valence-corrected chi connectivity index (χ4v) is 3.78. The third-order valence-corrected chi connectivity index (χ3v) is 5.59. The Morgan fingerprint density at radius 3 is 1.89 bits per heavy atom. The van der Waals surface area contributed by atoms with Crippen LogP contribution in [0.25, 0.3) is 22.5 Å². The maximum Gasteiger partial charge on any atom is 0.287 e. The Hall–Kier alpha value is -4.39. The molecule has 4 aromatic rings. The predicted molar refractivity (Wildman–Crippen MR) is 133 cm³/mol. The van der Waals surface area contributed by atoms with Crippen molar-refractivity contribution in [3.63, 3.8) is 0 Å². The average Bonchev–Trinajstić information content (AvgIpc) is 3.37. The summed E-state index contributed by atoms with van der Waals surface area (Å²) in [4.78, 5) is 13.0. The van der Waals surface area contributed by atoms with Crippen molar-refractivity contribution in [1.29, 1.82) is 0 Å². The van der Waals surface area contributed by atoms with Crippen molar-refractivity contribution in [2.75, 3.05) is 28.4 Å². The van der Waals surface area contributed by atoms with Crippen LogP contribution in [0.3, 0.4) is 0 Å². The largest absolute Gasteiger partial charge is 0.493 e. The summed E-state index contributed by atoms with van der Waals surface area (Å²) in [5.74, 6) is 2.71. The van der Waals surface area contributed by atoms with E-state index in [1.54, 1.807) is 40.6 Å². The Balaban J connectivity index is 1.76. The first-order valence-electron chi connectivity index (χ1n) is 11.0. The highest BCUT2D eigenvalue weighted by atomic mass is 16.5. The zero-order chi connectivity index (χ0) is 24.8. The van der Waals surface area contributed by atoms with Crippen LogP contribution in [-0.4, -0.2) is 34.3 Å². The molecule has 7 nitrogen and oxygen atoms in total. The first kappa shape index (κ1) is 23.8. The van der Waals surface area contributed by atoms with Gasteiger partial charge >= 0.3 is 0 Å². The Bertz CT molecular complexity index is 1240. The number of hydrogen-bond acceptors (Lipinski definition) is 6. The number of ether oxygens (including phenoxy) is 4. The Morgan fingerprint density at radius 2 is 1.29 bits per heavy atom. The minimum Gasteiger partial charge on any atom is -0.493 e. The molecule has 7 heteroatoms. The van der Waals surface area contributed by atoms with E-state index in [1.807, 2.05) is 60.7 Å². The van der Waals surface area contributed by atoms with E-state index in [9.17, 15) is 4.79 Å². The second-order valence-electron chi connectivity index (χ2n) is 7.66. The van der Waals surface area contributed by atoms with E-state index in [1.165, 1.54) is 0 Å². The smallest absolute Gasteiger partial charge is 0.287 e. The summed E-state index contributed by atoms with van der Waals surface area (Å²) >= 11 is 0. The zero-order valence-electron chi connectivity index (χ0n) is 20.1. The van der Waals surface area contributed by atoms with E-state index in [0.717, 1.165) is 22.3 Å². The van der Waals surface area contributed by atoms with Crippen LogP contribution < -0.4 is 24.3 Å². The minimum atomic E-state index is -0.317. The quantitative estimate of drug-likeness (QED) is 0.342. The number of carbonyl (C=O) groups is 1. The zero-order valence-corrected chi connectivity index (χ0v) is 20.1. The first-order chi connectivity index (χ1) is 17.1. The second-order valence-corrected chi connectivity index (χ2v) is 7.66. The number of amides is 1. The van der Waals surface area contributed by atoms with Gasteiger partial charge in [-0.2, -0.15) is 0 Å². The van der Waals surface area contributed by atoms with Crippen LogP contribution in [0.1, 0.15) is 16.1 Å². The number of furan rings is 1. The predicted octanol–water partition coefficient (Wildman–Crippen LogP) is 5.58. The van der Waals surface area contributed by atoms with Gasteiger partial charge in [0.1, 0.15) is 5.76 Å². The van der Waals surface area contributed by atoms with Gasteiger partial charge in [-0.25, -0.2) is 0 Å². The first-order valence-corrected chi connectivity index (χ1v) is 11.0. The molecule has 180 valence electrons. The van der Waals surface area contributed by atoms with E-state index >= 15 is 0 Å². The van der Waals surface area contributed by atoms with E-state index in [4.69, 9.17) is 23.4 Å². The molecule has 0 fully saturated rings. The van der Waals surface area contributed by atoms with Gasteiger partial charge in [0.2, 0.25) is 0 Å². The SMILES string of the molecule is COc1ccc(-c2cc(C(=O)NCc3ccccc3)oc2-c2ccc(OC)c(OC)c2)cc1OC. The van der Waals surface area contributed by atoms with Crippen molar-refractivity contribution in [3.8, 4) is 45.4 Å². The summed E-state index contributed by atoms with van der Waals surface area (Å²) in [6.07, 6.45) is 0. The highest BCUT2D eigenvalue weighted by Crippen LogP contribution is 2.41. The van der Waals surface area contributed by atoms with Gasteiger partial charge in [0, 0.05) is 17.7 Å². The van der Waals surface area contributed by atoms with Gasteiger partial charge < -0.3 is 28.7 Å². The van der Waals surface area contributed by atoms with Crippen LogP contribution in [0, 0.1) is 0 Å². The molecule has 0 radical (unpaired) electrons. The fourth-order valence-electron chi connectivity index (χ4n) is 3.78. The molecular weight excluding hydrogens is 446 g/mol. The number of hydrogen-bond donors (Lipinski definition) is 1. The monoisotopic (exact) mass is 473 g/mol. The minimum absolute atomic E-state index is 0.190. The summed E-state index contributed by atoms with van der Waals surface area (Å²) < 4.78 is 27.8. The van der Waals surface area contributed by atoms with E-state index < -0.39 is 0 Å². The van der Waals surface area contributed by atoms with Crippen molar-refractivity contribution in [1.82, 2.24) is 5.32 Å². The lowest BCUT2D eigenvalue weighted by Crippen LogP contribution is -2.22. The Kier molecular flexibility index (Phi) is 7.26. The van der Waals surface area contributed by atoms with E-state index in [0.29, 0.717) is 35.3 Å². The van der Waals surface area contributed by atoms with Gasteiger partial charge in [0.25, 0.3) is 5.91 Å². The maximum atomic E-state index is 13.0. The molecule has 3 aromatic carbocycles. The van der Waals surface area contributed by atoms with Gasteiger partial charge in [-0.1, -0.05) is 36.4 Å². The lowest BCUT2D eigenvalue weighted by atomic mass is 10.0. The molecule has 0 spiro atoms. The number of carbonyl (C=O) groups excluding carboxylic acids is 1. The van der Waals surface area contributed by atoms with Gasteiger partial charge in [-0.05, 0) is 47.5 Å². The number of benzene rings is 3. The number of nitrogens with one attached hydrogen (secondary N) is 1. The van der Waals surface area contributed by atoms with Crippen LogP contribution in [-0.2, 0) is 6.54 Å². The summed E-state index contributed by atoms with van der Waals surface area (Å²) in [7, 11) is 6.31. The summed E-state index contributed by atoms with van der Waals surface area (Å²) in [5.41, 5.74) is 3.25. The molecule has 0 saturated carbocycles. The number of rotatable bonds is 9. The van der Waals surface area contributed by atoms with Crippen LogP contribution in [0.15, 0.2) is 77.2 Å². The van der Waals surface area contributed by atoms with Gasteiger partial charge in [0.05, 0.1) is 28.4 Å². The molecule has 1 amide bonds. The van der Waals surface area contributed by atoms with Crippen molar-refractivity contribution in [2.24, 2.45) is 0 Å². The highest BCUT2D eigenvalue weighted by molar-refractivity contribution is 5.95. The topological polar surface area (TPSA) is 79.2 Å². The van der Waals surface area contributed by atoms with Crippen LogP contribution >= 0.6 is 0 Å². The highest BCUT2D eigenvalue weighted by Gasteiger charge is 2.21. The van der Waals surface area contributed by atoms with Crippen molar-refractivity contribution in [2.45, 2.75) is 6.54 Å². The van der Waals surface area contributed by atoms with Crippen molar-refractivity contribution < 1.29 is 28.2 Å². The molecule has 1 aromatic heterocycles. The summed E-state index contributed by atoms with van der Waals surface area (Å²) in [6.45, 7) is 0.387. The standard InChI is InChI=1S/C28H27NO6/c1-31-22-12-10-19(14-24(22)33-3)21-16-26(28(30)29-17-18-8-6-5-7-9-18)35-27(21)20-11-13-23(32-2)25(15-20)34-4/h5-16H,17H2,1-4H3,(H,29,30). The van der Waals surface area contributed by atoms with Crippen molar-refractivity contribution >= 4 is 5.91 Å². The Morgan fingerprint density at radius 1 is 0.714 bits per heavy atom. The normalized spacial score (nSPS) is 10.5. The molecule has 4 rings (SSSR count). The third-order valence-electron chi connectivity index (χ3n) is 5.59. The van der Waals surface area contributed by atoms with Gasteiger partial charge in [0.15, 0.2) is 28.8 Å². The van der Waals surface area contributed by atoms with Crippen LogP contribution in [0.4, 0.5) is 0 Å². The number of methoxy groups -OCH3 is 4. The van der Waals surface area contributed by atoms with Crippen molar-refractivity contribution in [3.05, 3.63) is 84.1 Å². The molecule has 0 aliphatic heterocycles. The maximum absolute atomic E-state index is 13.0. The molecule has 35 heavy (non-hydrogen) atoms. The molecule has 0 bridgehead atoms. The van der Waals surface area contributed by atoms with Gasteiger partial charge in [-0.3, -0.25) is 4.79 Å². The molecule has 0 saturated heterocycles. The molecule has 1 N–H and O–H groups in total. The molecule has 1 heterocycles. The average molecular weight is 474 g/mol. The van der Waals surface area contributed by atoms with E-state index in [-0.39, 0.29) is 11.7 Å². The lowest BCUT2D eigenvalue weighted by Gasteiger charge is -2.11. The summed E-state index contributed by atoms with van der Waals surface area (Å²) in [5, 5.41) is 2.92.